The van der Waals surface area contributed by atoms with Gasteiger partial charge in [-0.2, -0.15) is 5.10 Å². The Morgan fingerprint density at radius 2 is 2.11 bits per heavy atom. The highest BCUT2D eigenvalue weighted by Crippen LogP contribution is 2.24. The van der Waals surface area contributed by atoms with E-state index in [-0.39, 0.29) is 0 Å². The second kappa shape index (κ2) is 5.73. The maximum absolute atomic E-state index is 6.01. The summed E-state index contributed by atoms with van der Waals surface area (Å²) >= 11 is 0. The number of anilines is 2. The van der Waals surface area contributed by atoms with Crippen LogP contribution in [0.2, 0.25) is 0 Å². The summed E-state index contributed by atoms with van der Waals surface area (Å²) in [4.78, 5) is 2.37. The molecule has 0 saturated heterocycles. The van der Waals surface area contributed by atoms with Crippen LogP contribution in [0.3, 0.4) is 0 Å². The van der Waals surface area contributed by atoms with Crippen LogP contribution in [0.4, 0.5) is 11.4 Å². The van der Waals surface area contributed by atoms with Gasteiger partial charge in [0.25, 0.3) is 0 Å². The van der Waals surface area contributed by atoms with Gasteiger partial charge in [0.2, 0.25) is 0 Å². The lowest BCUT2D eigenvalue weighted by Crippen LogP contribution is -2.28. The smallest absolute Gasteiger partial charge is 0.0672 e. The molecule has 0 aliphatic heterocycles. The molecule has 18 heavy (non-hydrogen) atoms. The molecule has 5 nitrogen and oxygen atoms in total. The maximum Gasteiger partial charge on any atom is 0.0672 e. The SMILES string of the molecule is CCN(CC)CCNc1cc2[nH]ncc2cc1N. The third-order valence-corrected chi connectivity index (χ3v) is 3.25. The number of fused-ring (bicyclic) bond motifs is 1. The van der Waals surface area contributed by atoms with Gasteiger partial charge in [-0.05, 0) is 25.2 Å². The number of likely N-dealkylation sites (N-methyl/N-ethyl adjacent to an activating group) is 1. The van der Waals surface area contributed by atoms with E-state index in [9.17, 15) is 0 Å². The minimum Gasteiger partial charge on any atom is -0.397 e. The van der Waals surface area contributed by atoms with Gasteiger partial charge in [0.05, 0.1) is 23.1 Å². The minimum atomic E-state index is 0.767. The monoisotopic (exact) mass is 247 g/mol. The summed E-state index contributed by atoms with van der Waals surface area (Å²) in [6.07, 6.45) is 1.78. The highest BCUT2D eigenvalue weighted by atomic mass is 15.1. The quantitative estimate of drug-likeness (QED) is 0.682. The zero-order valence-electron chi connectivity index (χ0n) is 11.0. The van der Waals surface area contributed by atoms with Gasteiger partial charge in [-0.1, -0.05) is 13.8 Å². The van der Waals surface area contributed by atoms with Crippen molar-refractivity contribution >= 4 is 22.3 Å². The van der Waals surface area contributed by atoms with Gasteiger partial charge in [0.15, 0.2) is 0 Å². The molecule has 2 aromatic rings. The molecule has 1 aromatic heterocycles. The molecule has 0 atom stereocenters. The first-order chi connectivity index (χ1) is 8.74. The molecule has 4 N–H and O–H groups in total. The Morgan fingerprint density at radius 1 is 1.33 bits per heavy atom. The number of benzene rings is 1. The molecule has 0 radical (unpaired) electrons. The van der Waals surface area contributed by atoms with Crippen molar-refractivity contribution in [2.75, 3.05) is 37.2 Å². The molecule has 0 aliphatic carbocycles. The summed E-state index contributed by atoms with van der Waals surface area (Å²) in [5.74, 6) is 0. The van der Waals surface area contributed by atoms with Gasteiger partial charge in [-0.25, -0.2) is 0 Å². The molecule has 0 unspecified atom stereocenters. The van der Waals surface area contributed by atoms with Gasteiger partial charge < -0.3 is 16.0 Å². The molecular formula is C13H21N5. The molecule has 0 fully saturated rings. The summed E-state index contributed by atoms with van der Waals surface area (Å²) in [6, 6.07) is 3.96. The first kappa shape index (κ1) is 12.7. The Morgan fingerprint density at radius 3 is 2.83 bits per heavy atom. The summed E-state index contributed by atoms with van der Waals surface area (Å²) in [7, 11) is 0. The van der Waals surface area contributed by atoms with Crippen LogP contribution in [0, 0.1) is 0 Å². The number of hydrogen-bond acceptors (Lipinski definition) is 4. The van der Waals surface area contributed by atoms with Crippen molar-refractivity contribution in [3.05, 3.63) is 18.3 Å². The van der Waals surface area contributed by atoms with E-state index in [1.54, 1.807) is 6.20 Å². The molecular weight excluding hydrogens is 226 g/mol. The third kappa shape index (κ3) is 2.73. The van der Waals surface area contributed by atoms with E-state index < -0.39 is 0 Å². The second-order valence-electron chi connectivity index (χ2n) is 4.35. The Kier molecular flexibility index (Phi) is 4.04. The van der Waals surface area contributed by atoms with Crippen molar-refractivity contribution in [1.29, 1.82) is 0 Å². The topological polar surface area (TPSA) is 70.0 Å². The van der Waals surface area contributed by atoms with Crippen LogP contribution >= 0.6 is 0 Å². The van der Waals surface area contributed by atoms with E-state index in [1.165, 1.54) is 0 Å². The summed E-state index contributed by atoms with van der Waals surface area (Å²) in [5.41, 5.74) is 8.76. The van der Waals surface area contributed by atoms with Crippen molar-refractivity contribution in [2.24, 2.45) is 0 Å². The van der Waals surface area contributed by atoms with Crippen LogP contribution in [0.15, 0.2) is 18.3 Å². The molecule has 1 aromatic carbocycles. The number of nitrogens with one attached hydrogen (secondary N) is 2. The predicted octanol–water partition coefficient (Wildman–Crippen LogP) is 1.90. The van der Waals surface area contributed by atoms with E-state index in [1.807, 2.05) is 12.1 Å². The fraction of sp³-hybridized carbons (Fsp3) is 0.462. The molecule has 0 aliphatic rings. The Labute approximate surface area is 107 Å². The van der Waals surface area contributed by atoms with E-state index in [0.717, 1.165) is 48.5 Å². The van der Waals surface area contributed by atoms with Crippen LogP contribution in [0.5, 0.6) is 0 Å². The standard InChI is InChI=1S/C13H21N5/c1-3-18(4-2)6-5-15-13-8-12-10(7-11(13)14)9-16-17-12/h7-9,15H,3-6,14H2,1-2H3,(H,16,17). The van der Waals surface area contributed by atoms with Crippen LogP contribution in [-0.2, 0) is 0 Å². The van der Waals surface area contributed by atoms with Gasteiger partial charge in [-0.15, -0.1) is 0 Å². The molecule has 0 saturated carbocycles. The zero-order valence-corrected chi connectivity index (χ0v) is 11.0. The van der Waals surface area contributed by atoms with E-state index in [2.05, 4.69) is 34.3 Å². The molecule has 0 spiro atoms. The van der Waals surface area contributed by atoms with Gasteiger partial charge in [0.1, 0.15) is 0 Å². The summed E-state index contributed by atoms with van der Waals surface area (Å²) in [5, 5.41) is 11.4. The fourth-order valence-corrected chi connectivity index (χ4v) is 2.05. The lowest BCUT2D eigenvalue weighted by Gasteiger charge is -2.18. The normalized spacial score (nSPS) is 11.3. The Balaban J connectivity index is 2.00. The number of aromatic amines is 1. The van der Waals surface area contributed by atoms with Crippen molar-refractivity contribution < 1.29 is 0 Å². The van der Waals surface area contributed by atoms with Gasteiger partial charge in [-0.3, -0.25) is 5.10 Å². The molecule has 5 heteroatoms. The highest BCUT2D eigenvalue weighted by Gasteiger charge is 2.04. The minimum absolute atomic E-state index is 0.767. The molecule has 1 heterocycles. The van der Waals surface area contributed by atoms with Crippen LogP contribution in [0.25, 0.3) is 10.9 Å². The van der Waals surface area contributed by atoms with Gasteiger partial charge in [0, 0.05) is 18.5 Å². The van der Waals surface area contributed by atoms with Crippen molar-refractivity contribution in [3.63, 3.8) is 0 Å². The Hall–Kier alpha value is -1.75. The van der Waals surface area contributed by atoms with Gasteiger partial charge >= 0.3 is 0 Å². The van der Waals surface area contributed by atoms with E-state index >= 15 is 0 Å². The average Bonchev–Trinajstić information content (AvgIpc) is 2.81. The zero-order chi connectivity index (χ0) is 13.0. The largest absolute Gasteiger partial charge is 0.397 e. The highest BCUT2D eigenvalue weighted by molar-refractivity contribution is 5.88. The third-order valence-electron chi connectivity index (χ3n) is 3.25. The van der Waals surface area contributed by atoms with Crippen molar-refractivity contribution in [1.82, 2.24) is 15.1 Å². The summed E-state index contributed by atoms with van der Waals surface area (Å²) in [6.45, 7) is 8.42. The maximum atomic E-state index is 6.01. The number of nitrogen functional groups attached to an aromatic ring is 1. The number of rotatable bonds is 6. The van der Waals surface area contributed by atoms with Crippen LogP contribution < -0.4 is 11.1 Å². The number of H-pyrrole nitrogens is 1. The van der Waals surface area contributed by atoms with E-state index in [0.29, 0.717) is 0 Å². The van der Waals surface area contributed by atoms with Crippen LogP contribution in [0.1, 0.15) is 13.8 Å². The average molecular weight is 247 g/mol. The van der Waals surface area contributed by atoms with Crippen LogP contribution in [-0.4, -0.2) is 41.3 Å². The molecule has 0 amide bonds. The van der Waals surface area contributed by atoms with E-state index in [4.69, 9.17) is 5.73 Å². The molecule has 2 rings (SSSR count). The Bertz CT molecular complexity index is 501. The molecule has 98 valence electrons. The first-order valence-electron chi connectivity index (χ1n) is 6.43. The lowest BCUT2D eigenvalue weighted by atomic mass is 10.2. The van der Waals surface area contributed by atoms with Crippen molar-refractivity contribution in [2.45, 2.75) is 13.8 Å². The number of nitrogens with two attached hydrogens (primary N) is 1. The first-order valence-corrected chi connectivity index (χ1v) is 6.43. The molecule has 0 bridgehead atoms. The number of aromatic nitrogens is 2. The van der Waals surface area contributed by atoms with Crippen molar-refractivity contribution in [3.8, 4) is 0 Å². The fourth-order valence-electron chi connectivity index (χ4n) is 2.05. The summed E-state index contributed by atoms with van der Waals surface area (Å²) < 4.78 is 0. The predicted molar refractivity (Wildman–Crippen MR) is 76.8 cm³/mol. The lowest BCUT2D eigenvalue weighted by molar-refractivity contribution is 0.316. The number of nitrogens with zero attached hydrogens (tertiary/aromatic N) is 2. The second-order valence-corrected chi connectivity index (χ2v) is 4.35. The number of hydrogen-bond donors (Lipinski definition) is 3.